The number of halogens is 1. The number of rotatable bonds is 4. The van der Waals surface area contributed by atoms with Crippen LogP contribution in [-0.2, 0) is 6.42 Å². The first kappa shape index (κ1) is 14.8. The summed E-state index contributed by atoms with van der Waals surface area (Å²) in [7, 11) is 0. The molecule has 0 bridgehead atoms. The first-order valence-corrected chi connectivity index (χ1v) is 8.01. The molecule has 122 valence electrons. The minimum Gasteiger partial charge on any atom is -0.443 e. The maximum atomic E-state index is 13.3. The average Bonchev–Trinajstić information content (AvgIpc) is 3.24. The lowest BCUT2D eigenvalue weighted by Gasteiger charge is -2.22. The fraction of sp³-hybridized carbons (Fsp3) is 0.278. The number of aromatic nitrogens is 3. The number of nitrogens with zero attached hydrogens (tertiary/aromatic N) is 4. The molecule has 24 heavy (non-hydrogen) atoms. The Hall–Kier alpha value is -2.76. The predicted molar refractivity (Wildman–Crippen MR) is 87.1 cm³/mol. The quantitative estimate of drug-likeness (QED) is 0.735. The van der Waals surface area contributed by atoms with Crippen LogP contribution in [0, 0.1) is 5.82 Å². The van der Waals surface area contributed by atoms with Gasteiger partial charge in [-0.05, 0) is 36.6 Å². The van der Waals surface area contributed by atoms with Gasteiger partial charge in [0.2, 0.25) is 5.89 Å². The second-order valence-electron chi connectivity index (χ2n) is 5.89. The molecule has 1 fully saturated rings. The van der Waals surface area contributed by atoms with E-state index >= 15 is 0 Å². The van der Waals surface area contributed by atoms with Crippen LogP contribution in [0.15, 0.2) is 53.5 Å². The Morgan fingerprint density at radius 3 is 3.04 bits per heavy atom. The molecule has 1 aliphatic rings. The Morgan fingerprint density at radius 1 is 1.25 bits per heavy atom. The first-order chi connectivity index (χ1) is 11.8. The Balaban J connectivity index is 1.54. The van der Waals surface area contributed by atoms with Crippen LogP contribution < -0.4 is 4.90 Å². The lowest BCUT2D eigenvalue weighted by molar-refractivity contribution is 0.424. The van der Waals surface area contributed by atoms with Crippen molar-refractivity contribution in [1.82, 2.24) is 15.0 Å². The van der Waals surface area contributed by atoms with Gasteiger partial charge in [-0.3, -0.25) is 0 Å². The normalized spacial score (nSPS) is 17.4. The maximum absolute atomic E-state index is 13.3. The van der Waals surface area contributed by atoms with Crippen molar-refractivity contribution in [2.45, 2.75) is 25.3 Å². The lowest BCUT2D eigenvalue weighted by atomic mass is 10.1. The van der Waals surface area contributed by atoms with Crippen LogP contribution in [0.1, 0.15) is 36.1 Å². The summed E-state index contributed by atoms with van der Waals surface area (Å²) in [5.41, 5.74) is 0.872. The average molecular weight is 324 g/mol. The van der Waals surface area contributed by atoms with E-state index in [0.29, 0.717) is 12.3 Å². The summed E-state index contributed by atoms with van der Waals surface area (Å²) >= 11 is 0. The summed E-state index contributed by atoms with van der Waals surface area (Å²) in [6.45, 7) is 0.920. The largest absolute Gasteiger partial charge is 0.443 e. The van der Waals surface area contributed by atoms with Crippen molar-refractivity contribution in [3.05, 3.63) is 72.1 Å². The molecule has 1 aromatic carbocycles. The number of oxazole rings is 1. The SMILES string of the molecule is Fc1cccc(Cc2cnc([C@@H]3CCCN3c3ccncn3)o2)c1. The molecule has 6 heteroatoms. The highest BCUT2D eigenvalue weighted by molar-refractivity contribution is 5.40. The van der Waals surface area contributed by atoms with Gasteiger partial charge in [0.1, 0.15) is 29.8 Å². The number of anilines is 1. The van der Waals surface area contributed by atoms with E-state index < -0.39 is 0 Å². The molecule has 0 spiro atoms. The van der Waals surface area contributed by atoms with E-state index in [0.717, 1.165) is 36.5 Å². The van der Waals surface area contributed by atoms with Crippen molar-refractivity contribution in [3.63, 3.8) is 0 Å². The van der Waals surface area contributed by atoms with Crippen LogP contribution in [0.2, 0.25) is 0 Å². The fourth-order valence-corrected chi connectivity index (χ4v) is 3.16. The standard InChI is InChI=1S/C18H17FN4O/c19-14-4-1-3-13(9-14)10-15-11-21-18(24-15)16-5-2-8-23(16)17-6-7-20-12-22-17/h1,3-4,6-7,9,11-12,16H,2,5,8,10H2/t16-/m0/s1. The zero-order chi connectivity index (χ0) is 16.4. The van der Waals surface area contributed by atoms with E-state index in [4.69, 9.17) is 4.42 Å². The molecule has 1 atom stereocenters. The Labute approximate surface area is 139 Å². The number of hydrogen-bond acceptors (Lipinski definition) is 5. The van der Waals surface area contributed by atoms with Gasteiger partial charge < -0.3 is 9.32 Å². The molecule has 0 unspecified atom stereocenters. The van der Waals surface area contributed by atoms with Crippen LogP contribution in [0.4, 0.5) is 10.2 Å². The van der Waals surface area contributed by atoms with E-state index in [1.165, 1.54) is 12.1 Å². The second kappa shape index (κ2) is 6.39. The van der Waals surface area contributed by atoms with Crippen molar-refractivity contribution in [1.29, 1.82) is 0 Å². The van der Waals surface area contributed by atoms with Crippen molar-refractivity contribution >= 4 is 5.82 Å². The molecular formula is C18H17FN4O. The minimum absolute atomic E-state index is 0.0844. The molecule has 0 N–H and O–H groups in total. The molecule has 4 rings (SSSR count). The second-order valence-corrected chi connectivity index (χ2v) is 5.89. The summed E-state index contributed by atoms with van der Waals surface area (Å²) in [5.74, 6) is 2.08. The van der Waals surface area contributed by atoms with Gasteiger partial charge in [-0.1, -0.05) is 12.1 Å². The van der Waals surface area contributed by atoms with Gasteiger partial charge in [-0.15, -0.1) is 0 Å². The van der Waals surface area contributed by atoms with Gasteiger partial charge >= 0.3 is 0 Å². The van der Waals surface area contributed by atoms with Gasteiger partial charge in [0.25, 0.3) is 0 Å². The first-order valence-electron chi connectivity index (χ1n) is 8.01. The third-order valence-corrected chi connectivity index (χ3v) is 4.24. The zero-order valence-electron chi connectivity index (χ0n) is 13.1. The van der Waals surface area contributed by atoms with Gasteiger partial charge in [-0.2, -0.15) is 0 Å². The van der Waals surface area contributed by atoms with Gasteiger partial charge in [0.05, 0.1) is 6.20 Å². The van der Waals surface area contributed by atoms with Crippen molar-refractivity contribution in [3.8, 4) is 0 Å². The molecule has 3 heterocycles. The molecule has 1 aliphatic heterocycles. The van der Waals surface area contributed by atoms with E-state index in [1.54, 1.807) is 24.8 Å². The van der Waals surface area contributed by atoms with Crippen LogP contribution >= 0.6 is 0 Å². The van der Waals surface area contributed by atoms with Crippen LogP contribution in [0.5, 0.6) is 0 Å². The molecule has 2 aromatic heterocycles. The summed E-state index contributed by atoms with van der Waals surface area (Å²) in [6, 6.07) is 8.53. The monoisotopic (exact) mass is 324 g/mol. The Kier molecular flexibility index (Phi) is 3.94. The summed E-state index contributed by atoms with van der Waals surface area (Å²) in [4.78, 5) is 14.9. The lowest BCUT2D eigenvalue weighted by Crippen LogP contribution is -2.23. The minimum atomic E-state index is -0.238. The van der Waals surface area contributed by atoms with Crippen LogP contribution in [0.25, 0.3) is 0 Å². The highest BCUT2D eigenvalue weighted by atomic mass is 19.1. The molecule has 5 nitrogen and oxygen atoms in total. The number of hydrogen-bond donors (Lipinski definition) is 0. The molecular weight excluding hydrogens is 307 g/mol. The highest BCUT2D eigenvalue weighted by Crippen LogP contribution is 2.34. The summed E-state index contributed by atoms with van der Waals surface area (Å²) in [5, 5.41) is 0. The third-order valence-electron chi connectivity index (χ3n) is 4.24. The van der Waals surface area contributed by atoms with Crippen molar-refractivity contribution in [2.24, 2.45) is 0 Å². The Morgan fingerprint density at radius 2 is 2.21 bits per heavy atom. The summed E-state index contributed by atoms with van der Waals surface area (Å²) in [6.07, 6.45) is 7.60. The molecule has 0 amide bonds. The van der Waals surface area contributed by atoms with E-state index in [-0.39, 0.29) is 11.9 Å². The van der Waals surface area contributed by atoms with Crippen molar-refractivity contribution < 1.29 is 8.81 Å². The van der Waals surface area contributed by atoms with E-state index in [9.17, 15) is 4.39 Å². The van der Waals surface area contributed by atoms with Gasteiger partial charge in [0, 0.05) is 19.2 Å². The van der Waals surface area contributed by atoms with E-state index in [1.807, 2.05) is 12.1 Å². The topological polar surface area (TPSA) is 55.1 Å². The predicted octanol–water partition coefficient (Wildman–Crippen LogP) is 3.54. The zero-order valence-corrected chi connectivity index (χ0v) is 13.1. The van der Waals surface area contributed by atoms with E-state index in [2.05, 4.69) is 19.9 Å². The van der Waals surface area contributed by atoms with Crippen LogP contribution in [0.3, 0.4) is 0 Å². The molecule has 0 radical (unpaired) electrons. The van der Waals surface area contributed by atoms with Gasteiger partial charge in [-0.25, -0.2) is 19.3 Å². The fourth-order valence-electron chi connectivity index (χ4n) is 3.16. The molecule has 0 saturated carbocycles. The smallest absolute Gasteiger partial charge is 0.217 e. The van der Waals surface area contributed by atoms with Gasteiger partial charge in [0.15, 0.2) is 0 Å². The molecule has 3 aromatic rings. The van der Waals surface area contributed by atoms with Crippen molar-refractivity contribution in [2.75, 3.05) is 11.4 Å². The third kappa shape index (κ3) is 2.99. The summed E-state index contributed by atoms with van der Waals surface area (Å²) < 4.78 is 19.2. The molecule has 0 aliphatic carbocycles. The Bertz CT molecular complexity index is 821. The van der Waals surface area contributed by atoms with Crippen LogP contribution in [-0.4, -0.2) is 21.5 Å². The maximum Gasteiger partial charge on any atom is 0.217 e. The number of benzene rings is 1. The molecule has 1 saturated heterocycles. The highest BCUT2D eigenvalue weighted by Gasteiger charge is 2.30.